The molecule has 1 fully saturated rings. The summed E-state index contributed by atoms with van der Waals surface area (Å²) in [6, 6.07) is 25.7. The van der Waals surface area contributed by atoms with Crippen molar-refractivity contribution in [3.8, 4) is 5.69 Å². The molecule has 192 valence electrons. The summed E-state index contributed by atoms with van der Waals surface area (Å²) in [5.41, 5.74) is 8.01. The van der Waals surface area contributed by atoms with Crippen molar-refractivity contribution >= 4 is 29.8 Å². The molecule has 0 aliphatic carbocycles. The third-order valence-electron chi connectivity index (χ3n) is 6.56. The Labute approximate surface area is 225 Å². The van der Waals surface area contributed by atoms with Crippen LogP contribution in [0.3, 0.4) is 0 Å². The molecule has 5 rings (SSSR count). The summed E-state index contributed by atoms with van der Waals surface area (Å²) in [5.74, 6) is -0.106. The van der Waals surface area contributed by atoms with E-state index in [4.69, 9.17) is 0 Å². The molecule has 1 N–H and O–H groups in total. The molecule has 0 bridgehead atoms. The first-order chi connectivity index (χ1) is 18.4. The third-order valence-corrected chi connectivity index (χ3v) is 7.81. The minimum Gasteiger partial charge on any atom is -0.322 e. The van der Waals surface area contributed by atoms with Gasteiger partial charge in [0, 0.05) is 29.1 Å². The SMILES string of the molecule is Cc1cc(/C=N\NC(=O)c2ccc([C@@H]3SCC(=O)N3Cc3ccccc3)cc2)c(C)n1-c1ccccc1F. The smallest absolute Gasteiger partial charge is 0.271 e. The van der Waals surface area contributed by atoms with Crippen LogP contribution in [0.25, 0.3) is 5.69 Å². The average Bonchev–Trinajstić information content (AvgIpc) is 3.43. The minimum absolute atomic E-state index is 0.0949. The summed E-state index contributed by atoms with van der Waals surface area (Å²) in [4.78, 5) is 27.1. The van der Waals surface area contributed by atoms with Crippen molar-refractivity contribution in [1.82, 2.24) is 14.9 Å². The molecule has 0 radical (unpaired) electrons. The highest BCUT2D eigenvalue weighted by molar-refractivity contribution is 8.00. The van der Waals surface area contributed by atoms with E-state index in [-0.39, 0.29) is 23.0 Å². The van der Waals surface area contributed by atoms with Crippen LogP contribution in [-0.4, -0.2) is 33.2 Å². The number of hydrazone groups is 1. The summed E-state index contributed by atoms with van der Waals surface area (Å²) in [6.07, 6.45) is 1.56. The maximum Gasteiger partial charge on any atom is 0.271 e. The minimum atomic E-state index is -0.341. The second kappa shape index (κ2) is 11.1. The normalized spacial score (nSPS) is 15.4. The number of carbonyl (C=O) groups is 2. The molecule has 0 saturated carbocycles. The highest BCUT2D eigenvalue weighted by Gasteiger charge is 2.32. The second-order valence-corrected chi connectivity index (χ2v) is 10.2. The van der Waals surface area contributed by atoms with Crippen molar-refractivity contribution in [1.29, 1.82) is 0 Å². The van der Waals surface area contributed by atoms with E-state index in [9.17, 15) is 14.0 Å². The van der Waals surface area contributed by atoms with Gasteiger partial charge >= 0.3 is 0 Å². The highest BCUT2D eigenvalue weighted by atomic mass is 32.2. The molecular weight excluding hydrogens is 499 g/mol. The van der Waals surface area contributed by atoms with Crippen LogP contribution in [-0.2, 0) is 11.3 Å². The standard InChI is InChI=1S/C30H27FN4O2S/c1-20-16-25(21(2)35(20)27-11-7-6-10-26(27)31)17-32-33-29(37)23-12-14-24(15-13-23)30-34(28(36)19-38-30)18-22-8-4-3-5-9-22/h3-17,30H,18-19H2,1-2H3,(H,33,37)/b32-17-/t30-/m0/s1. The Balaban J connectivity index is 1.25. The first-order valence-corrected chi connectivity index (χ1v) is 13.3. The fourth-order valence-electron chi connectivity index (χ4n) is 4.63. The van der Waals surface area contributed by atoms with Gasteiger partial charge in [-0.1, -0.05) is 54.6 Å². The topological polar surface area (TPSA) is 66.7 Å². The molecule has 1 aromatic heterocycles. The Kier molecular flexibility index (Phi) is 7.42. The first-order valence-electron chi connectivity index (χ1n) is 12.2. The van der Waals surface area contributed by atoms with Crippen LogP contribution in [0.4, 0.5) is 4.39 Å². The Morgan fingerprint density at radius 1 is 1.05 bits per heavy atom. The number of aryl methyl sites for hydroxylation is 1. The molecule has 0 spiro atoms. The van der Waals surface area contributed by atoms with Crippen LogP contribution < -0.4 is 5.43 Å². The van der Waals surface area contributed by atoms with Gasteiger partial charge in [-0.05, 0) is 55.3 Å². The number of thioether (sulfide) groups is 1. The Morgan fingerprint density at radius 3 is 2.50 bits per heavy atom. The van der Waals surface area contributed by atoms with Gasteiger partial charge < -0.3 is 9.47 Å². The van der Waals surface area contributed by atoms with Crippen molar-refractivity contribution in [2.45, 2.75) is 25.8 Å². The van der Waals surface area contributed by atoms with Crippen LogP contribution in [0.1, 0.15) is 43.8 Å². The van der Waals surface area contributed by atoms with Crippen molar-refractivity contribution in [2.75, 3.05) is 5.75 Å². The van der Waals surface area contributed by atoms with E-state index in [1.54, 1.807) is 48.3 Å². The molecule has 8 heteroatoms. The van der Waals surface area contributed by atoms with Gasteiger partial charge in [-0.25, -0.2) is 9.82 Å². The number of amides is 2. The largest absolute Gasteiger partial charge is 0.322 e. The van der Waals surface area contributed by atoms with Gasteiger partial charge in [0.2, 0.25) is 5.91 Å². The summed E-state index contributed by atoms with van der Waals surface area (Å²) in [6.45, 7) is 4.33. The van der Waals surface area contributed by atoms with Crippen LogP contribution in [0.5, 0.6) is 0 Å². The maximum absolute atomic E-state index is 14.3. The van der Waals surface area contributed by atoms with E-state index in [0.29, 0.717) is 23.5 Å². The summed E-state index contributed by atoms with van der Waals surface area (Å²) < 4.78 is 16.1. The van der Waals surface area contributed by atoms with Gasteiger partial charge in [0.1, 0.15) is 11.2 Å². The zero-order chi connectivity index (χ0) is 26.6. The zero-order valence-corrected chi connectivity index (χ0v) is 21.9. The number of aromatic nitrogens is 1. The number of benzene rings is 3. The Morgan fingerprint density at radius 2 is 1.76 bits per heavy atom. The van der Waals surface area contributed by atoms with Crippen LogP contribution in [0.15, 0.2) is 90.0 Å². The van der Waals surface area contributed by atoms with Crippen LogP contribution >= 0.6 is 11.8 Å². The number of para-hydroxylation sites is 1. The zero-order valence-electron chi connectivity index (χ0n) is 21.1. The van der Waals surface area contributed by atoms with E-state index in [2.05, 4.69) is 10.5 Å². The number of carbonyl (C=O) groups excluding carboxylic acids is 2. The van der Waals surface area contributed by atoms with E-state index in [1.165, 1.54) is 6.07 Å². The summed E-state index contributed by atoms with van der Waals surface area (Å²) in [7, 11) is 0. The van der Waals surface area contributed by atoms with E-state index in [1.807, 2.05) is 71.8 Å². The lowest BCUT2D eigenvalue weighted by Gasteiger charge is -2.24. The monoisotopic (exact) mass is 526 g/mol. The molecule has 38 heavy (non-hydrogen) atoms. The number of hydrogen-bond acceptors (Lipinski definition) is 4. The van der Waals surface area contributed by atoms with E-state index in [0.717, 1.165) is 28.1 Å². The van der Waals surface area contributed by atoms with Gasteiger partial charge in [-0.2, -0.15) is 5.10 Å². The number of halogens is 1. The molecule has 4 aromatic rings. The molecule has 6 nitrogen and oxygen atoms in total. The third kappa shape index (κ3) is 5.26. The quantitative estimate of drug-likeness (QED) is 0.246. The lowest BCUT2D eigenvalue weighted by molar-refractivity contribution is -0.128. The first kappa shape index (κ1) is 25.5. The van der Waals surface area contributed by atoms with Gasteiger partial charge in [0.05, 0.1) is 17.7 Å². The van der Waals surface area contributed by atoms with Gasteiger partial charge in [0.25, 0.3) is 5.91 Å². The number of nitrogens with zero attached hydrogens (tertiary/aromatic N) is 3. The lowest BCUT2D eigenvalue weighted by atomic mass is 10.1. The van der Waals surface area contributed by atoms with E-state index < -0.39 is 0 Å². The van der Waals surface area contributed by atoms with Crippen LogP contribution in [0.2, 0.25) is 0 Å². The second-order valence-electron chi connectivity index (χ2n) is 9.11. The average molecular weight is 527 g/mol. The molecule has 2 amide bonds. The molecule has 1 aliphatic rings. The molecule has 3 aromatic carbocycles. The van der Waals surface area contributed by atoms with Crippen molar-refractivity contribution in [2.24, 2.45) is 5.10 Å². The Hall–Kier alpha value is -4.17. The molecule has 1 saturated heterocycles. The van der Waals surface area contributed by atoms with Gasteiger partial charge in [-0.3, -0.25) is 9.59 Å². The Bertz CT molecular complexity index is 1500. The number of nitrogens with one attached hydrogen (secondary N) is 1. The fraction of sp³-hybridized carbons (Fsp3) is 0.167. The van der Waals surface area contributed by atoms with Gasteiger partial charge in [-0.15, -0.1) is 11.8 Å². The predicted molar refractivity (Wildman–Crippen MR) is 149 cm³/mol. The number of hydrogen-bond donors (Lipinski definition) is 1. The molecule has 1 atom stereocenters. The van der Waals surface area contributed by atoms with Crippen molar-refractivity contribution in [3.05, 3.63) is 124 Å². The van der Waals surface area contributed by atoms with Crippen molar-refractivity contribution in [3.63, 3.8) is 0 Å². The number of rotatable bonds is 7. The molecule has 0 unspecified atom stereocenters. The van der Waals surface area contributed by atoms with E-state index >= 15 is 0 Å². The molecular formula is C30H27FN4O2S. The lowest BCUT2D eigenvalue weighted by Crippen LogP contribution is -2.27. The fourth-order valence-corrected chi connectivity index (χ4v) is 5.82. The predicted octanol–water partition coefficient (Wildman–Crippen LogP) is 5.77. The van der Waals surface area contributed by atoms with Crippen molar-refractivity contribution < 1.29 is 14.0 Å². The summed E-state index contributed by atoms with van der Waals surface area (Å²) >= 11 is 1.59. The van der Waals surface area contributed by atoms with Crippen LogP contribution in [0, 0.1) is 19.7 Å². The molecule has 2 heterocycles. The summed E-state index contributed by atoms with van der Waals surface area (Å²) in [5, 5.41) is 4.03. The van der Waals surface area contributed by atoms with Gasteiger partial charge in [0.15, 0.2) is 0 Å². The highest BCUT2D eigenvalue weighted by Crippen LogP contribution is 2.39. The molecule has 1 aliphatic heterocycles. The maximum atomic E-state index is 14.3.